The van der Waals surface area contributed by atoms with Gasteiger partial charge in [0.2, 0.25) is 0 Å². The van der Waals surface area contributed by atoms with E-state index in [0.717, 1.165) is 15.6 Å². The number of nitrogens with zero attached hydrogens (tertiary/aromatic N) is 1. The molecule has 2 aromatic heterocycles. The van der Waals surface area contributed by atoms with E-state index in [1.807, 2.05) is 29.6 Å². The van der Waals surface area contributed by atoms with E-state index in [2.05, 4.69) is 5.32 Å². The molecular formula is C17H16N2O3S. The summed E-state index contributed by atoms with van der Waals surface area (Å²) in [5, 5.41) is 15.8. The number of aromatic nitrogens is 1. The Hall–Kier alpha value is -2.44. The summed E-state index contributed by atoms with van der Waals surface area (Å²) in [5.41, 5.74) is 0.490. The Morgan fingerprint density at radius 3 is 2.91 bits per heavy atom. The van der Waals surface area contributed by atoms with E-state index in [1.54, 1.807) is 30.6 Å². The zero-order valence-electron chi connectivity index (χ0n) is 12.5. The van der Waals surface area contributed by atoms with E-state index >= 15 is 0 Å². The first-order chi connectivity index (χ1) is 11.1. The van der Waals surface area contributed by atoms with Crippen molar-refractivity contribution < 1.29 is 9.90 Å². The van der Waals surface area contributed by atoms with E-state index in [1.165, 1.54) is 10.6 Å². The summed E-state index contributed by atoms with van der Waals surface area (Å²) in [4.78, 5) is 24.0. The highest BCUT2D eigenvalue weighted by Crippen LogP contribution is 2.29. The molecule has 3 aromatic rings. The quantitative estimate of drug-likeness (QED) is 0.770. The highest BCUT2D eigenvalue weighted by atomic mass is 32.1. The average molecular weight is 328 g/mol. The van der Waals surface area contributed by atoms with Gasteiger partial charge in [-0.25, -0.2) is 0 Å². The smallest absolute Gasteiger partial charge is 0.263 e. The minimum atomic E-state index is -0.817. The summed E-state index contributed by atoms with van der Waals surface area (Å²) in [6.45, 7) is 0.0532. The van der Waals surface area contributed by atoms with E-state index in [0.29, 0.717) is 0 Å². The van der Waals surface area contributed by atoms with Crippen LogP contribution in [0.4, 0.5) is 0 Å². The molecule has 0 aliphatic carbocycles. The maximum atomic E-state index is 12.1. The zero-order valence-corrected chi connectivity index (χ0v) is 13.3. The Bertz CT molecular complexity index is 913. The maximum Gasteiger partial charge on any atom is 0.263 e. The number of carbonyl (C=O) groups excluding carboxylic acids is 1. The van der Waals surface area contributed by atoms with Gasteiger partial charge in [0.25, 0.3) is 11.5 Å². The second-order valence-corrected chi connectivity index (χ2v) is 6.16. The number of benzene rings is 1. The monoisotopic (exact) mass is 328 g/mol. The van der Waals surface area contributed by atoms with Gasteiger partial charge in [0.05, 0.1) is 6.10 Å². The lowest BCUT2D eigenvalue weighted by Gasteiger charge is -2.11. The molecule has 0 saturated carbocycles. The van der Waals surface area contributed by atoms with Crippen molar-refractivity contribution in [3.63, 3.8) is 0 Å². The van der Waals surface area contributed by atoms with Crippen LogP contribution in [0.5, 0.6) is 0 Å². The van der Waals surface area contributed by atoms with Gasteiger partial charge in [0, 0.05) is 30.1 Å². The molecule has 0 bridgehead atoms. The number of nitrogens with one attached hydrogen (secondary N) is 1. The number of fused-ring (bicyclic) bond motifs is 1. The fourth-order valence-electron chi connectivity index (χ4n) is 2.42. The minimum Gasteiger partial charge on any atom is -0.387 e. The van der Waals surface area contributed by atoms with Crippen LogP contribution in [0.15, 0.2) is 52.8 Å². The molecule has 0 saturated heterocycles. The van der Waals surface area contributed by atoms with Gasteiger partial charge < -0.3 is 15.0 Å². The third-order valence-electron chi connectivity index (χ3n) is 3.69. The van der Waals surface area contributed by atoms with E-state index < -0.39 is 12.0 Å². The summed E-state index contributed by atoms with van der Waals surface area (Å²) in [6, 6.07) is 10.9. The Morgan fingerprint density at radius 2 is 2.09 bits per heavy atom. The third-order valence-corrected chi connectivity index (χ3v) is 4.68. The molecule has 5 nitrogen and oxygen atoms in total. The third kappa shape index (κ3) is 3.04. The van der Waals surface area contributed by atoms with Crippen LogP contribution in [0, 0.1) is 0 Å². The van der Waals surface area contributed by atoms with Crippen molar-refractivity contribution in [1.82, 2.24) is 9.88 Å². The van der Waals surface area contributed by atoms with Crippen LogP contribution in [0.1, 0.15) is 22.0 Å². The first-order valence-corrected chi connectivity index (χ1v) is 8.04. The Kier molecular flexibility index (Phi) is 4.27. The standard InChI is InChI=1S/C17H16N2O3S/c1-19-8-4-6-12(17(19)22)16(21)18-9-14(20)13-10-23-15-7-3-2-5-11(13)15/h2-8,10,14,20H,9H2,1H3,(H,18,21). The van der Waals surface area contributed by atoms with Gasteiger partial charge in [-0.1, -0.05) is 18.2 Å². The number of hydrogen-bond acceptors (Lipinski definition) is 4. The van der Waals surface area contributed by atoms with Crippen molar-refractivity contribution in [1.29, 1.82) is 0 Å². The first-order valence-electron chi connectivity index (χ1n) is 7.16. The molecule has 0 radical (unpaired) electrons. The lowest BCUT2D eigenvalue weighted by molar-refractivity contribution is 0.0915. The van der Waals surface area contributed by atoms with Crippen molar-refractivity contribution >= 4 is 27.3 Å². The summed E-state index contributed by atoms with van der Waals surface area (Å²) < 4.78 is 2.43. The number of amides is 1. The predicted molar refractivity (Wildman–Crippen MR) is 90.8 cm³/mol. The van der Waals surface area contributed by atoms with Gasteiger partial charge in [-0.3, -0.25) is 9.59 Å². The minimum absolute atomic E-state index is 0.0532. The Balaban J connectivity index is 1.74. The normalized spacial score (nSPS) is 12.3. The van der Waals surface area contributed by atoms with Crippen LogP contribution in [-0.2, 0) is 7.05 Å². The van der Waals surface area contributed by atoms with Crippen molar-refractivity contribution in [2.75, 3.05) is 6.54 Å². The van der Waals surface area contributed by atoms with Gasteiger partial charge in [-0.05, 0) is 29.0 Å². The highest BCUT2D eigenvalue weighted by Gasteiger charge is 2.16. The van der Waals surface area contributed by atoms with Crippen molar-refractivity contribution in [2.45, 2.75) is 6.10 Å². The summed E-state index contributed by atoms with van der Waals surface area (Å²) in [7, 11) is 1.59. The fourth-order valence-corrected chi connectivity index (χ4v) is 3.43. The number of hydrogen-bond donors (Lipinski definition) is 2. The van der Waals surface area contributed by atoms with Crippen LogP contribution in [0.2, 0.25) is 0 Å². The molecule has 0 fully saturated rings. The summed E-state index contributed by atoms with van der Waals surface area (Å²) in [6.07, 6.45) is 0.772. The molecule has 2 N–H and O–H groups in total. The van der Waals surface area contributed by atoms with Crippen LogP contribution >= 0.6 is 11.3 Å². The molecule has 118 valence electrons. The topological polar surface area (TPSA) is 71.3 Å². The molecule has 0 aliphatic heterocycles. The fraction of sp³-hybridized carbons (Fsp3) is 0.176. The molecule has 6 heteroatoms. The van der Waals surface area contributed by atoms with Gasteiger partial charge in [-0.15, -0.1) is 11.3 Å². The van der Waals surface area contributed by atoms with E-state index in [4.69, 9.17) is 0 Å². The predicted octanol–water partition coefficient (Wildman–Crippen LogP) is 2.06. The number of aliphatic hydroxyl groups is 1. The second-order valence-electron chi connectivity index (χ2n) is 5.25. The molecular weight excluding hydrogens is 312 g/mol. The Labute approximate surface area is 136 Å². The Morgan fingerprint density at radius 1 is 1.30 bits per heavy atom. The lowest BCUT2D eigenvalue weighted by Crippen LogP contribution is -2.34. The largest absolute Gasteiger partial charge is 0.387 e. The van der Waals surface area contributed by atoms with Crippen molar-refractivity contribution in [3.8, 4) is 0 Å². The van der Waals surface area contributed by atoms with E-state index in [-0.39, 0.29) is 17.7 Å². The molecule has 1 atom stereocenters. The highest BCUT2D eigenvalue weighted by molar-refractivity contribution is 7.17. The van der Waals surface area contributed by atoms with Gasteiger partial charge in [-0.2, -0.15) is 0 Å². The van der Waals surface area contributed by atoms with Gasteiger partial charge in [0.15, 0.2) is 0 Å². The summed E-state index contributed by atoms with van der Waals surface area (Å²) >= 11 is 1.55. The molecule has 0 spiro atoms. The van der Waals surface area contributed by atoms with Gasteiger partial charge in [0.1, 0.15) is 5.56 Å². The van der Waals surface area contributed by atoms with Crippen LogP contribution in [0.3, 0.4) is 0 Å². The number of rotatable bonds is 4. The number of carbonyl (C=O) groups is 1. The number of thiophene rings is 1. The first kappa shape index (κ1) is 15.5. The zero-order chi connectivity index (χ0) is 16.4. The number of aliphatic hydroxyl groups excluding tert-OH is 1. The molecule has 1 aromatic carbocycles. The number of pyridine rings is 1. The number of aryl methyl sites for hydroxylation is 1. The van der Waals surface area contributed by atoms with Crippen LogP contribution in [0.25, 0.3) is 10.1 Å². The molecule has 2 heterocycles. The van der Waals surface area contributed by atoms with E-state index in [9.17, 15) is 14.7 Å². The average Bonchev–Trinajstić information content (AvgIpc) is 2.99. The van der Waals surface area contributed by atoms with Crippen molar-refractivity contribution in [3.05, 3.63) is 69.5 Å². The molecule has 0 aliphatic rings. The maximum absolute atomic E-state index is 12.1. The van der Waals surface area contributed by atoms with Crippen molar-refractivity contribution in [2.24, 2.45) is 7.05 Å². The van der Waals surface area contributed by atoms with Gasteiger partial charge >= 0.3 is 0 Å². The van der Waals surface area contributed by atoms with Crippen LogP contribution < -0.4 is 10.9 Å². The lowest BCUT2D eigenvalue weighted by atomic mass is 10.1. The molecule has 1 unspecified atom stereocenters. The van der Waals surface area contributed by atoms with Crippen LogP contribution in [-0.4, -0.2) is 22.1 Å². The molecule has 3 rings (SSSR count). The summed E-state index contributed by atoms with van der Waals surface area (Å²) in [5.74, 6) is -0.482. The second kappa shape index (κ2) is 6.36. The molecule has 1 amide bonds. The SMILES string of the molecule is Cn1cccc(C(=O)NCC(O)c2csc3ccccc23)c1=O. The molecule has 23 heavy (non-hydrogen) atoms.